The molecule has 2 fully saturated rings. The van der Waals surface area contributed by atoms with E-state index in [-0.39, 0.29) is 29.6 Å². The van der Waals surface area contributed by atoms with Crippen molar-refractivity contribution in [1.29, 1.82) is 5.26 Å². The summed E-state index contributed by atoms with van der Waals surface area (Å²) >= 11 is 0. The summed E-state index contributed by atoms with van der Waals surface area (Å²) in [5.74, 6) is -0.647. The van der Waals surface area contributed by atoms with Crippen LogP contribution in [0, 0.1) is 23.1 Å². The molecule has 1 aromatic rings. The summed E-state index contributed by atoms with van der Waals surface area (Å²) in [5.41, 5.74) is -0.214. The Morgan fingerprint density at radius 3 is 2.74 bits per heavy atom. The van der Waals surface area contributed by atoms with E-state index in [2.05, 4.69) is 10.8 Å². The Kier molecular flexibility index (Phi) is 5.75. The summed E-state index contributed by atoms with van der Waals surface area (Å²) < 4.78 is 52.7. The lowest BCUT2D eigenvalue weighted by molar-refractivity contribution is 0.0180. The number of nitrogens with one attached hydrogen (secondary N) is 1. The number of sulfonamides is 1. The van der Waals surface area contributed by atoms with Crippen LogP contribution in [0.25, 0.3) is 0 Å². The van der Waals surface area contributed by atoms with Crippen LogP contribution >= 0.6 is 0 Å². The molecule has 0 spiro atoms. The zero-order valence-electron chi connectivity index (χ0n) is 15.6. The third-order valence-electron chi connectivity index (χ3n) is 5.14. The van der Waals surface area contributed by atoms with E-state index in [1.165, 1.54) is 12.1 Å². The Morgan fingerprint density at radius 2 is 2.11 bits per heavy atom. The smallest absolute Gasteiger partial charge is 0.214 e. The highest BCUT2D eigenvalue weighted by Gasteiger charge is 2.39. The second-order valence-electron chi connectivity index (χ2n) is 7.79. The lowest BCUT2D eigenvalue weighted by Gasteiger charge is -2.32. The number of ether oxygens (including phenoxy) is 2. The first-order chi connectivity index (χ1) is 12.7. The molecule has 1 N–H and O–H groups in total. The summed E-state index contributed by atoms with van der Waals surface area (Å²) in [6, 6.07) is 6.36. The van der Waals surface area contributed by atoms with Gasteiger partial charge in [-0.15, -0.1) is 0 Å². The van der Waals surface area contributed by atoms with Crippen LogP contribution in [-0.4, -0.2) is 39.5 Å². The van der Waals surface area contributed by atoms with Crippen molar-refractivity contribution in [3.63, 3.8) is 0 Å². The van der Waals surface area contributed by atoms with Gasteiger partial charge in [0.2, 0.25) is 10.0 Å². The van der Waals surface area contributed by atoms with E-state index < -0.39 is 21.3 Å². The maximum atomic E-state index is 14.4. The number of hydrogen-bond acceptors (Lipinski definition) is 5. The molecular weight excluding hydrogens is 371 g/mol. The van der Waals surface area contributed by atoms with E-state index in [0.29, 0.717) is 38.0 Å². The molecule has 1 saturated carbocycles. The van der Waals surface area contributed by atoms with Gasteiger partial charge < -0.3 is 9.47 Å². The van der Waals surface area contributed by atoms with Gasteiger partial charge in [-0.3, -0.25) is 0 Å². The molecule has 148 valence electrons. The zero-order valence-corrected chi connectivity index (χ0v) is 16.4. The number of hydrogen-bond donors (Lipinski definition) is 1. The Hall–Kier alpha value is -1.69. The fourth-order valence-electron chi connectivity index (χ4n) is 3.07. The Morgan fingerprint density at radius 1 is 1.37 bits per heavy atom. The molecule has 6 nitrogen and oxygen atoms in total. The van der Waals surface area contributed by atoms with E-state index in [1.807, 2.05) is 0 Å². The van der Waals surface area contributed by atoms with Crippen LogP contribution in [0.15, 0.2) is 18.2 Å². The fraction of sp³-hybridized carbons (Fsp3) is 0.632. The molecule has 3 rings (SSSR count). The van der Waals surface area contributed by atoms with E-state index in [4.69, 9.17) is 9.47 Å². The predicted molar refractivity (Wildman–Crippen MR) is 98.3 cm³/mol. The fourth-order valence-corrected chi connectivity index (χ4v) is 4.75. The topological polar surface area (TPSA) is 88.4 Å². The SMILES string of the molecule is CC(C)(C#N)c1ccc(OC[C@H]2COCC[C@@H]2NS(=O)(=O)C2CC2)c(F)c1. The van der Waals surface area contributed by atoms with Gasteiger partial charge in [-0.25, -0.2) is 17.5 Å². The van der Waals surface area contributed by atoms with Gasteiger partial charge in [-0.1, -0.05) is 6.07 Å². The van der Waals surface area contributed by atoms with Crippen LogP contribution < -0.4 is 9.46 Å². The molecular formula is C19H25FN2O4S. The first-order valence-corrected chi connectivity index (χ1v) is 10.7. The minimum atomic E-state index is -3.30. The van der Waals surface area contributed by atoms with Gasteiger partial charge in [0.25, 0.3) is 0 Å². The summed E-state index contributed by atoms with van der Waals surface area (Å²) in [7, 11) is -3.30. The molecule has 8 heteroatoms. The first-order valence-electron chi connectivity index (χ1n) is 9.16. The van der Waals surface area contributed by atoms with E-state index in [0.717, 1.165) is 0 Å². The number of benzene rings is 1. The van der Waals surface area contributed by atoms with Crippen molar-refractivity contribution in [1.82, 2.24) is 4.72 Å². The van der Waals surface area contributed by atoms with Crippen molar-refractivity contribution >= 4 is 10.0 Å². The molecule has 0 amide bonds. The van der Waals surface area contributed by atoms with Crippen LogP contribution in [-0.2, 0) is 20.2 Å². The largest absolute Gasteiger partial charge is 0.490 e. The number of rotatable bonds is 7. The highest BCUT2D eigenvalue weighted by atomic mass is 32.2. The molecule has 27 heavy (non-hydrogen) atoms. The lowest BCUT2D eigenvalue weighted by atomic mass is 9.86. The molecule has 1 saturated heterocycles. The summed E-state index contributed by atoms with van der Waals surface area (Å²) in [4.78, 5) is 0. The van der Waals surface area contributed by atoms with Crippen molar-refractivity contribution in [2.24, 2.45) is 5.92 Å². The van der Waals surface area contributed by atoms with Gasteiger partial charge in [-0.2, -0.15) is 5.26 Å². The molecule has 2 aliphatic rings. The van der Waals surface area contributed by atoms with Gasteiger partial charge in [-0.05, 0) is 50.8 Å². The van der Waals surface area contributed by atoms with Crippen LogP contribution in [0.3, 0.4) is 0 Å². The quantitative estimate of drug-likeness (QED) is 0.765. The highest BCUT2D eigenvalue weighted by Crippen LogP contribution is 2.30. The second kappa shape index (κ2) is 7.74. The molecule has 0 unspecified atom stereocenters. The lowest BCUT2D eigenvalue weighted by Crippen LogP contribution is -2.48. The van der Waals surface area contributed by atoms with Crippen molar-refractivity contribution in [3.05, 3.63) is 29.6 Å². The average Bonchev–Trinajstić information content (AvgIpc) is 3.47. The molecule has 2 atom stereocenters. The average molecular weight is 396 g/mol. The number of nitrogens with zero attached hydrogens (tertiary/aromatic N) is 1. The van der Waals surface area contributed by atoms with E-state index >= 15 is 0 Å². The highest BCUT2D eigenvalue weighted by molar-refractivity contribution is 7.90. The molecule has 0 bridgehead atoms. The van der Waals surface area contributed by atoms with Crippen LogP contribution in [0.5, 0.6) is 5.75 Å². The number of nitriles is 1. The molecule has 0 aromatic heterocycles. The standard InChI is InChI=1S/C19H25FN2O4S/c1-19(2,12-21)14-3-6-18(16(20)9-14)26-11-13-10-25-8-7-17(13)22-27(23,24)15-4-5-15/h3,6,9,13,15,17,22H,4-5,7-8,10-11H2,1-2H3/t13-,17+/m1/s1. The van der Waals surface area contributed by atoms with Gasteiger partial charge in [0.15, 0.2) is 11.6 Å². The molecule has 1 heterocycles. The maximum absolute atomic E-state index is 14.4. The molecule has 1 aliphatic heterocycles. The van der Waals surface area contributed by atoms with Gasteiger partial charge in [0.1, 0.15) is 0 Å². The van der Waals surface area contributed by atoms with E-state index in [9.17, 15) is 18.1 Å². The van der Waals surface area contributed by atoms with Gasteiger partial charge in [0, 0.05) is 18.6 Å². The third kappa shape index (κ3) is 4.78. The Labute approximate surface area is 159 Å². The normalized spacial score (nSPS) is 23.6. The van der Waals surface area contributed by atoms with Crippen molar-refractivity contribution < 1.29 is 22.3 Å². The van der Waals surface area contributed by atoms with Crippen LogP contribution in [0.1, 0.15) is 38.7 Å². The third-order valence-corrected chi connectivity index (χ3v) is 7.12. The van der Waals surface area contributed by atoms with Crippen molar-refractivity contribution in [2.45, 2.75) is 49.8 Å². The van der Waals surface area contributed by atoms with E-state index in [1.54, 1.807) is 19.9 Å². The zero-order chi connectivity index (χ0) is 19.7. The minimum absolute atomic E-state index is 0.0851. The number of halogens is 1. The van der Waals surface area contributed by atoms with Crippen LogP contribution in [0.2, 0.25) is 0 Å². The van der Waals surface area contributed by atoms with Gasteiger partial charge >= 0.3 is 0 Å². The molecule has 0 radical (unpaired) electrons. The molecule has 1 aromatic carbocycles. The summed E-state index contributed by atoms with van der Waals surface area (Å²) in [6.07, 6.45) is 1.98. The van der Waals surface area contributed by atoms with Gasteiger partial charge in [0.05, 0.1) is 29.9 Å². The monoisotopic (exact) mass is 396 g/mol. The Balaban J connectivity index is 1.65. The predicted octanol–water partition coefficient (Wildman–Crippen LogP) is 2.49. The first kappa shape index (κ1) is 20.1. The molecule has 1 aliphatic carbocycles. The summed E-state index contributed by atoms with van der Waals surface area (Å²) in [5, 5.41) is 8.89. The second-order valence-corrected chi connectivity index (χ2v) is 9.78. The van der Waals surface area contributed by atoms with Crippen LogP contribution in [0.4, 0.5) is 4.39 Å². The Bertz CT molecular complexity index is 831. The summed E-state index contributed by atoms with van der Waals surface area (Å²) in [6.45, 7) is 4.44. The van der Waals surface area contributed by atoms with Crippen molar-refractivity contribution in [2.75, 3.05) is 19.8 Å². The maximum Gasteiger partial charge on any atom is 0.214 e. The minimum Gasteiger partial charge on any atom is -0.490 e. The van der Waals surface area contributed by atoms with Crippen molar-refractivity contribution in [3.8, 4) is 11.8 Å².